The SMILES string of the molecule is CC.CC.CC(=O)CCC=O.COCCOCCOCCOCCOCCOC(=O)N1CCC(S)CC1. The van der Waals surface area contributed by atoms with Crippen LogP contribution in [0.5, 0.6) is 0 Å². The molecular formula is C26H53NO9S. The summed E-state index contributed by atoms with van der Waals surface area (Å²) in [5.41, 5.74) is 0. The first-order valence-corrected chi connectivity index (χ1v) is 13.9. The number of hydrogen-bond acceptors (Lipinski definition) is 10. The van der Waals surface area contributed by atoms with Gasteiger partial charge in [0.05, 0.1) is 59.5 Å². The number of methoxy groups -OCH3 is 1. The summed E-state index contributed by atoms with van der Waals surface area (Å²) in [6.45, 7) is 15.8. The number of Topliss-reactive ketones (excluding diaryl/α,β-unsaturated/α-hetero) is 1. The van der Waals surface area contributed by atoms with E-state index in [1.165, 1.54) is 6.92 Å². The molecule has 0 bridgehead atoms. The summed E-state index contributed by atoms with van der Waals surface area (Å²) < 4.78 is 31.4. The smallest absolute Gasteiger partial charge is 0.409 e. The fraction of sp³-hybridized carbons (Fsp3) is 0.885. The van der Waals surface area contributed by atoms with Crippen molar-refractivity contribution in [1.29, 1.82) is 0 Å². The lowest BCUT2D eigenvalue weighted by molar-refractivity contribution is -0.118. The number of likely N-dealkylation sites (tertiary alicyclic amines) is 1. The predicted molar refractivity (Wildman–Crippen MR) is 149 cm³/mol. The van der Waals surface area contributed by atoms with E-state index in [4.69, 9.17) is 28.4 Å². The Bertz CT molecular complexity index is 491. The van der Waals surface area contributed by atoms with Crippen LogP contribution in [0.25, 0.3) is 0 Å². The van der Waals surface area contributed by atoms with Crippen molar-refractivity contribution in [1.82, 2.24) is 4.90 Å². The second-order valence-electron chi connectivity index (χ2n) is 7.18. The van der Waals surface area contributed by atoms with Crippen LogP contribution < -0.4 is 0 Å². The van der Waals surface area contributed by atoms with E-state index in [-0.39, 0.29) is 18.5 Å². The van der Waals surface area contributed by atoms with Gasteiger partial charge >= 0.3 is 6.09 Å². The van der Waals surface area contributed by atoms with Gasteiger partial charge in [0.15, 0.2) is 0 Å². The number of carbonyl (C=O) groups excluding carboxylic acids is 3. The van der Waals surface area contributed by atoms with Crippen molar-refractivity contribution in [2.45, 2.75) is 65.6 Å². The Morgan fingerprint density at radius 2 is 1.19 bits per heavy atom. The second kappa shape index (κ2) is 34.8. The highest BCUT2D eigenvalue weighted by Crippen LogP contribution is 2.15. The molecule has 1 aliphatic heterocycles. The molecule has 0 radical (unpaired) electrons. The van der Waals surface area contributed by atoms with E-state index in [9.17, 15) is 14.4 Å². The number of ether oxygens (including phenoxy) is 6. The van der Waals surface area contributed by atoms with E-state index >= 15 is 0 Å². The molecule has 0 atom stereocenters. The molecule has 1 fully saturated rings. The number of rotatable bonds is 18. The standard InChI is InChI=1S/C17H33NO7S.C5H8O2.2C2H6/c1-20-6-7-21-8-9-22-10-11-23-12-13-24-14-15-25-17(19)18-4-2-16(26)3-5-18;1-5(7)3-2-4-6;2*1-2/h16,26H,2-15H2,1H3;4H,2-3H2,1H3;2*1-2H3. The number of ketones is 1. The van der Waals surface area contributed by atoms with Gasteiger partial charge in [-0.2, -0.15) is 12.6 Å². The van der Waals surface area contributed by atoms with Gasteiger partial charge in [-0.05, 0) is 19.8 Å². The summed E-state index contributed by atoms with van der Waals surface area (Å²) in [6, 6.07) is 0. The minimum absolute atomic E-state index is 0.0760. The van der Waals surface area contributed by atoms with E-state index in [0.717, 1.165) is 19.1 Å². The number of hydrogen-bond donors (Lipinski definition) is 1. The van der Waals surface area contributed by atoms with Crippen LogP contribution in [-0.2, 0) is 38.0 Å². The number of nitrogens with zero attached hydrogens (tertiary/aromatic N) is 1. The van der Waals surface area contributed by atoms with E-state index in [1.54, 1.807) is 12.0 Å². The van der Waals surface area contributed by atoms with E-state index < -0.39 is 0 Å². The third-order valence-electron chi connectivity index (χ3n) is 4.34. The molecule has 1 aliphatic rings. The zero-order valence-corrected chi connectivity index (χ0v) is 24.9. The molecule has 1 heterocycles. The molecule has 11 heteroatoms. The van der Waals surface area contributed by atoms with Crippen LogP contribution in [0.15, 0.2) is 0 Å². The molecule has 0 aromatic rings. The van der Waals surface area contributed by atoms with Crippen LogP contribution in [0.1, 0.15) is 60.3 Å². The Kier molecular flexibility index (Phi) is 37.8. The summed E-state index contributed by atoms with van der Waals surface area (Å²) in [4.78, 5) is 33.1. The fourth-order valence-electron chi connectivity index (χ4n) is 2.49. The lowest BCUT2D eigenvalue weighted by Crippen LogP contribution is -2.39. The summed E-state index contributed by atoms with van der Waals surface area (Å²) in [5, 5.41) is 0.391. The molecule has 37 heavy (non-hydrogen) atoms. The van der Waals surface area contributed by atoms with Crippen LogP contribution in [0, 0.1) is 0 Å². The highest BCUT2D eigenvalue weighted by atomic mass is 32.1. The van der Waals surface area contributed by atoms with Crippen LogP contribution in [0.2, 0.25) is 0 Å². The molecule has 10 nitrogen and oxygen atoms in total. The topological polar surface area (TPSA) is 110 Å². The van der Waals surface area contributed by atoms with Gasteiger partial charge in [0.2, 0.25) is 0 Å². The van der Waals surface area contributed by atoms with Crippen LogP contribution in [0.3, 0.4) is 0 Å². The van der Waals surface area contributed by atoms with Crippen LogP contribution >= 0.6 is 12.6 Å². The fourth-order valence-corrected chi connectivity index (χ4v) is 2.72. The number of aldehydes is 1. The largest absolute Gasteiger partial charge is 0.447 e. The molecule has 1 amide bonds. The molecule has 0 spiro atoms. The molecule has 0 aliphatic carbocycles. The third-order valence-corrected chi connectivity index (χ3v) is 4.85. The van der Waals surface area contributed by atoms with E-state index in [2.05, 4.69) is 12.6 Å². The highest BCUT2D eigenvalue weighted by Gasteiger charge is 2.21. The van der Waals surface area contributed by atoms with Crippen molar-refractivity contribution in [3.05, 3.63) is 0 Å². The maximum absolute atomic E-state index is 11.8. The average molecular weight is 556 g/mol. The zero-order chi connectivity index (χ0) is 28.6. The quantitative estimate of drug-likeness (QED) is 0.153. The number of piperidine rings is 1. The zero-order valence-electron chi connectivity index (χ0n) is 24.0. The van der Waals surface area contributed by atoms with Gasteiger partial charge in [-0.1, -0.05) is 27.7 Å². The minimum Gasteiger partial charge on any atom is -0.447 e. The van der Waals surface area contributed by atoms with Gasteiger partial charge in [-0.15, -0.1) is 0 Å². The Labute approximate surface area is 230 Å². The maximum Gasteiger partial charge on any atom is 0.409 e. The van der Waals surface area contributed by atoms with Gasteiger partial charge in [-0.3, -0.25) is 0 Å². The Balaban J connectivity index is -0.000000891. The summed E-state index contributed by atoms with van der Waals surface area (Å²) in [6.07, 6.45) is 3.07. The lowest BCUT2D eigenvalue weighted by Gasteiger charge is -2.28. The maximum atomic E-state index is 11.8. The number of amides is 1. The molecule has 0 aromatic carbocycles. The van der Waals surface area contributed by atoms with Gasteiger partial charge in [0, 0.05) is 38.3 Å². The van der Waals surface area contributed by atoms with E-state index in [1.807, 2.05) is 27.7 Å². The molecule has 1 rings (SSSR count). The Morgan fingerprint density at radius 3 is 1.54 bits per heavy atom. The Hall–Kier alpha value is -1.24. The highest BCUT2D eigenvalue weighted by molar-refractivity contribution is 7.80. The summed E-state index contributed by atoms with van der Waals surface area (Å²) >= 11 is 4.41. The van der Waals surface area contributed by atoms with Gasteiger partial charge in [0.1, 0.15) is 18.7 Å². The third kappa shape index (κ3) is 32.7. The predicted octanol–water partition coefficient (Wildman–Crippen LogP) is 3.84. The molecule has 1 saturated heterocycles. The number of thiol groups is 1. The molecule has 0 unspecified atom stereocenters. The molecule has 0 saturated carbocycles. The molecule has 222 valence electrons. The minimum atomic E-state index is -0.270. The van der Waals surface area contributed by atoms with Crippen molar-refractivity contribution < 1.29 is 42.8 Å². The lowest BCUT2D eigenvalue weighted by atomic mass is 10.1. The van der Waals surface area contributed by atoms with Crippen molar-refractivity contribution in [2.75, 3.05) is 86.3 Å². The summed E-state index contributed by atoms with van der Waals surface area (Å²) in [7, 11) is 1.64. The monoisotopic (exact) mass is 555 g/mol. The Morgan fingerprint density at radius 1 is 0.784 bits per heavy atom. The van der Waals surface area contributed by atoms with Crippen molar-refractivity contribution >= 4 is 30.8 Å². The van der Waals surface area contributed by atoms with Gasteiger partial charge in [-0.25, -0.2) is 4.79 Å². The van der Waals surface area contributed by atoms with Crippen molar-refractivity contribution in [3.8, 4) is 0 Å². The first-order chi connectivity index (χ1) is 18.0. The first-order valence-electron chi connectivity index (χ1n) is 13.3. The first kappa shape index (κ1) is 40.3. The molecule has 0 N–H and O–H groups in total. The van der Waals surface area contributed by atoms with Crippen molar-refractivity contribution in [3.63, 3.8) is 0 Å². The normalized spacial score (nSPS) is 12.7. The van der Waals surface area contributed by atoms with E-state index in [0.29, 0.717) is 90.6 Å². The van der Waals surface area contributed by atoms with Crippen LogP contribution in [0.4, 0.5) is 4.79 Å². The second-order valence-corrected chi connectivity index (χ2v) is 7.91. The van der Waals surface area contributed by atoms with Crippen LogP contribution in [-0.4, -0.2) is 115 Å². The van der Waals surface area contributed by atoms with Crippen molar-refractivity contribution in [2.24, 2.45) is 0 Å². The number of carbonyl (C=O) groups is 3. The average Bonchev–Trinajstić information content (AvgIpc) is 2.92. The molecular weight excluding hydrogens is 502 g/mol. The summed E-state index contributed by atoms with van der Waals surface area (Å²) in [5.74, 6) is 0.0760. The molecule has 0 aromatic heterocycles. The van der Waals surface area contributed by atoms with Gasteiger partial charge in [0.25, 0.3) is 0 Å². The van der Waals surface area contributed by atoms with Gasteiger partial charge < -0.3 is 42.9 Å².